The SMILES string of the molecule is CC(C)C(CNCCC1CCC1)c1ccccc1. The highest BCUT2D eigenvalue weighted by molar-refractivity contribution is 5.20. The molecule has 0 aromatic heterocycles. The van der Waals surface area contributed by atoms with Gasteiger partial charge in [0.15, 0.2) is 0 Å². The van der Waals surface area contributed by atoms with Crippen LogP contribution in [0.3, 0.4) is 0 Å². The summed E-state index contributed by atoms with van der Waals surface area (Å²) in [5, 5.41) is 3.66. The topological polar surface area (TPSA) is 12.0 Å². The third-order valence-corrected chi connectivity index (χ3v) is 4.35. The van der Waals surface area contributed by atoms with Crippen molar-refractivity contribution in [2.75, 3.05) is 13.1 Å². The van der Waals surface area contributed by atoms with Crippen LogP contribution in [-0.2, 0) is 0 Å². The minimum atomic E-state index is 0.646. The van der Waals surface area contributed by atoms with Crippen LogP contribution in [0.15, 0.2) is 30.3 Å². The zero-order chi connectivity index (χ0) is 12.8. The summed E-state index contributed by atoms with van der Waals surface area (Å²) in [6.07, 6.45) is 5.77. The van der Waals surface area contributed by atoms with Crippen LogP contribution < -0.4 is 5.32 Å². The van der Waals surface area contributed by atoms with Gasteiger partial charge >= 0.3 is 0 Å². The van der Waals surface area contributed by atoms with Crippen LogP contribution >= 0.6 is 0 Å². The van der Waals surface area contributed by atoms with Gasteiger partial charge in [-0.3, -0.25) is 0 Å². The summed E-state index contributed by atoms with van der Waals surface area (Å²) in [4.78, 5) is 0. The van der Waals surface area contributed by atoms with E-state index < -0.39 is 0 Å². The summed E-state index contributed by atoms with van der Waals surface area (Å²) in [6.45, 7) is 6.96. The third-order valence-electron chi connectivity index (χ3n) is 4.35. The van der Waals surface area contributed by atoms with Crippen LogP contribution in [0.25, 0.3) is 0 Å². The third kappa shape index (κ3) is 3.84. The first-order chi connectivity index (χ1) is 8.77. The number of nitrogens with one attached hydrogen (secondary N) is 1. The van der Waals surface area contributed by atoms with Crippen molar-refractivity contribution < 1.29 is 0 Å². The molecule has 1 fully saturated rings. The molecular formula is C17H27N. The maximum absolute atomic E-state index is 3.66. The number of rotatable bonds is 7. The minimum absolute atomic E-state index is 0.646. The molecule has 0 saturated heterocycles. The van der Waals surface area contributed by atoms with Gasteiger partial charge in [-0.15, -0.1) is 0 Å². The van der Waals surface area contributed by atoms with Crippen molar-refractivity contribution in [3.63, 3.8) is 0 Å². The average Bonchev–Trinajstić information content (AvgIpc) is 2.32. The van der Waals surface area contributed by atoms with Crippen molar-refractivity contribution in [2.45, 2.75) is 45.4 Å². The fraction of sp³-hybridized carbons (Fsp3) is 0.647. The van der Waals surface area contributed by atoms with Gasteiger partial charge in [0, 0.05) is 6.54 Å². The number of hydrogen-bond donors (Lipinski definition) is 1. The first-order valence-corrected chi connectivity index (χ1v) is 7.53. The summed E-state index contributed by atoms with van der Waals surface area (Å²) in [6, 6.07) is 10.9. The van der Waals surface area contributed by atoms with E-state index in [9.17, 15) is 0 Å². The van der Waals surface area contributed by atoms with Crippen molar-refractivity contribution in [2.24, 2.45) is 11.8 Å². The molecule has 1 nitrogen and oxygen atoms in total. The van der Waals surface area contributed by atoms with Crippen molar-refractivity contribution >= 4 is 0 Å². The largest absolute Gasteiger partial charge is 0.316 e. The molecule has 1 atom stereocenters. The molecule has 0 radical (unpaired) electrons. The average molecular weight is 245 g/mol. The molecule has 100 valence electrons. The molecule has 0 amide bonds. The van der Waals surface area contributed by atoms with Gasteiger partial charge in [0.05, 0.1) is 0 Å². The van der Waals surface area contributed by atoms with Gasteiger partial charge in [-0.1, -0.05) is 63.4 Å². The quantitative estimate of drug-likeness (QED) is 0.710. The zero-order valence-electron chi connectivity index (χ0n) is 11.9. The van der Waals surface area contributed by atoms with Gasteiger partial charge in [-0.05, 0) is 36.3 Å². The molecule has 0 bridgehead atoms. The molecule has 1 heteroatoms. The second kappa shape index (κ2) is 6.94. The molecular weight excluding hydrogens is 218 g/mol. The van der Waals surface area contributed by atoms with E-state index in [2.05, 4.69) is 49.5 Å². The molecule has 0 spiro atoms. The molecule has 0 heterocycles. The van der Waals surface area contributed by atoms with Gasteiger partial charge in [-0.2, -0.15) is 0 Å². The number of benzene rings is 1. The summed E-state index contributed by atoms with van der Waals surface area (Å²) < 4.78 is 0. The zero-order valence-corrected chi connectivity index (χ0v) is 11.9. The minimum Gasteiger partial charge on any atom is -0.316 e. The Morgan fingerprint density at radius 1 is 1.17 bits per heavy atom. The first-order valence-electron chi connectivity index (χ1n) is 7.53. The molecule has 1 aliphatic carbocycles. The summed E-state index contributed by atoms with van der Waals surface area (Å²) in [5.41, 5.74) is 1.48. The molecule has 1 aromatic carbocycles. The van der Waals surface area contributed by atoms with Crippen molar-refractivity contribution in [3.8, 4) is 0 Å². The van der Waals surface area contributed by atoms with Crippen LogP contribution in [-0.4, -0.2) is 13.1 Å². The smallest absolute Gasteiger partial charge is 0.00226 e. The highest BCUT2D eigenvalue weighted by Gasteiger charge is 2.18. The van der Waals surface area contributed by atoms with Crippen LogP contribution in [0.4, 0.5) is 0 Å². The van der Waals surface area contributed by atoms with Crippen LogP contribution in [0, 0.1) is 11.8 Å². The van der Waals surface area contributed by atoms with Crippen LogP contribution in [0.2, 0.25) is 0 Å². The Morgan fingerprint density at radius 3 is 2.44 bits per heavy atom. The second-order valence-electron chi connectivity index (χ2n) is 6.05. The molecule has 0 aliphatic heterocycles. The van der Waals surface area contributed by atoms with Gasteiger partial charge < -0.3 is 5.32 Å². The van der Waals surface area contributed by atoms with E-state index in [0.29, 0.717) is 11.8 Å². The Bertz CT molecular complexity index is 327. The maximum Gasteiger partial charge on any atom is 0.00226 e. The first kappa shape index (κ1) is 13.6. The fourth-order valence-electron chi connectivity index (χ4n) is 2.78. The van der Waals surface area contributed by atoms with E-state index in [1.165, 1.54) is 37.8 Å². The van der Waals surface area contributed by atoms with Crippen molar-refractivity contribution in [3.05, 3.63) is 35.9 Å². The lowest BCUT2D eigenvalue weighted by Gasteiger charge is -2.26. The number of hydrogen-bond acceptors (Lipinski definition) is 1. The molecule has 1 aliphatic rings. The Hall–Kier alpha value is -0.820. The molecule has 1 unspecified atom stereocenters. The Morgan fingerprint density at radius 2 is 1.89 bits per heavy atom. The van der Waals surface area contributed by atoms with E-state index in [4.69, 9.17) is 0 Å². The Labute approximate surface area is 112 Å². The highest BCUT2D eigenvalue weighted by Crippen LogP contribution is 2.29. The summed E-state index contributed by atoms with van der Waals surface area (Å²) in [7, 11) is 0. The van der Waals surface area contributed by atoms with Gasteiger partial charge in [-0.25, -0.2) is 0 Å². The Balaban J connectivity index is 1.76. The van der Waals surface area contributed by atoms with E-state index in [1.54, 1.807) is 0 Å². The second-order valence-corrected chi connectivity index (χ2v) is 6.05. The maximum atomic E-state index is 3.66. The van der Waals surface area contributed by atoms with Gasteiger partial charge in [0.1, 0.15) is 0 Å². The lowest BCUT2D eigenvalue weighted by molar-refractivity contribution is 0.290. The van der Waals surface area contributed by atoms with E-state index >= 15 is 0 Å². The molecule has 1 aromatic rings. The molecule has 1 saturated carbocycles. The van der Waals surface area contributed by atoms with Crippen molar-refractivity contribution in [1.82, 2.24) is 5.32 Å². The summed E-state index contributed by atoms with van der Waals surface area (Å²) in [5.74, 6) is 2.36. The van der Waals surface area contributed by atoms with E-state index in [1.807, 2.05) is 0 Å². The predicted molar refractivity (Wildman–Crippen MR) is 78.8 cm³/mol. The van der Waals surface area contributed by atoms with E-state index in [-0.39, 0.29) is 0 Å². The lowest BCUT2D eigenvalue weighted by atomic mass is 9.83. The Kier molecular flexibility index (Phi) is 5.25. The van der Waals surface area contributed by atoms with Crippen LogP contribution in [0.5, 0.6) is 0 Å². The van der Waals surface area contributed by atoms with Crippen molar-refractivity contribution in [1.29, 1.82) is 0 Å². The highest BCUT2D eigenvalue weighted by atomic mass is 14.9. The normalized spacial score (nSPS) is 17.7. The molecule has 1 N–H and O–H groups in total. The van der Waals surface area contributed by atoms with Gasteiger partial charge in [0.25, 0.3) is 0 Å². The predicted octanol–water partition coefficient (Wildman–Crippen LogP) is 4.21. The van der Waals surface area contributed by atoms with Crippen LogP contribution in [0.1, 0.15) is 51.0 Å². The van der Waals surface area contributed by atoms with E-state index in [0.717, 1.165) is 12.5 Å². The molecule has 18 heavy (non-hydrogen) atoms. The standard InChI is InChI=1S/C17H27N/c1-14(2)17(16-9-4-3-5-10-16)13-18-12-11-15-7-6-8-15/h3-5,9-10,14-15,17-18H,6-8,11-13H2,1-2H3. The monoisotopic (exact) mass is 245 g/mol. The lowest BCUT2D eigenvalue weighted by Crippen LogP contribution is -2.27. The summed E-state index contributed by atoms with van der Waals surface area (Å²) >= 11 is 0. The molecule has 2 rings (SSSR count). The fourth-order valence-corrected chi connectivity index (χ4v) is 2.78. The van der Waals surface area contributed by atoms with Gasteiger partial charge in [0.2, 0.25) is 0 Å².